The molecule has 0 aliphatic carbocycles. The summed E-state index contributed by atoms with van der Waals surface area (Å²) in [5, 5.41) is 13.0. The molecular weight excluding hydrogens is 394 g/mol. The highest BCUT2D eigenvalue weighted by Crippen LogP contribution is 2.28. The average molecular weight is 419 g/mol. The SMILES string of the molecule is C[C@H]1CCCN(c2cc(C(=O)O)c3cc(NC(=O)COc4ccccc4)ccc3n2)C1. The zero-order chi connectivity index (χ0) is 21.8. The minimum Gasteiger partial charge on any atom is -0.484 e. The van der Waals surface area contributed by atoms with Gasteiger partial charge in [-0.2, -0.15) is 0 Å². The molecule has 1 fully saturated rings. The van der Waals surface area contributed by atoms with Crippen molar-refractivity contribution in [1.29, 1.82) is 0 Å². The van der Waals surface area contributed by atoms with E-state index >= 15 is 0 Å². The summed E-state index contributed by atoms with van der Waals surface area (Å²) in [6.45, 7) is 3.80. The molecule has 1 atom stereocenters. The maximum atomic E-state index is 12.3. The van der Waals surface area contributed by atoms with Gasteiger partial charge < -0.3 is 20.1 Å². The van der Waals surface area contributed by atoms with E-state index in [1.807, 2.05) is 18.2 Å². The number of hydrogen-bond acceptors (Lipinski definition) is 5. The lowest BCUT2D eigenvalue weighted by atomic mass is 10.00. The van der Waals surface area contributed by atoms with E-state index in [0.717, 1.165) is 19.5 Å². The summed E-state index contributed by atoms with van der Waals surface area (Å²) in [5.74, 6) is 0.495. The molecule has 2 heterocycles. The zero-order valence-corrected chi connectivity index (χ0v) is 17.4. The van der Waals surface area contributed by atoms with Gasteiger partial charge >= 0.3 is 5.97 Å². The first-order chi connectivity index (χ1) is 15.0. The number of carboxylic acid groups (broad SMARTS) is 1. The lowest BCUT2D eigenvalue weighted by Gasteiger charge is -2.32. The molecule has 0 saturated carbocycles. The van der Waals surface area contributed by atoms with Crippen molar-refractivity contribution in [1.82, 2.24) is 4.98 Å². The monoisotopic (exact) mass is 419 g/mol. The maximum absolute atomic E-state index is 12.3. The first kappa shape index (κ1) is 20.7. The Hall–Kier alpha value is -3.61. The van der Waals surface area contributed by atoms with Crippen LogP contribution < -0.4 is 15.0 Å². The molecule has 4 rings (SSSR count). The van der Waals surface area contributed by atoms with Gasteiger partial charge in [-0.05, 0) is 55.2 Å². The number of nitrogens with zero attached hydrogens (tertiary/aromatic N) is 2. The molecule has 0 spiro atoms. The summed E-state index contributed by atoms with van der Waals surface area (Å²) in [6.07, 6.45) is 2.24. The summed E-state index contributed by atoms with van der Waals surface area (Å²) in [5.41, 5.74) is 1.26. The fourth-order valence-electron chi connectivity index (χ4n) is 3.89. The van der Waals surface area contributed by atoms with Gasteiger partial charge in [0.05, 0.1) is 11.1 Å². The Kier molecular flexibility index (Phi) is 6.02. The van der Waals surface area contributed by atoms with Crippen molar-refractivity contribution in [2.75, 3.05) is 29.9 Å². The van der Waals surface area contributed by atoms with Gasteiger partial charge in [0.25, 0.3) is 5.91 Å². The number of pyridine rings is 1. The third-order valence-electron chi connectivity index (χ3n) is 5.40. The Bertz CT molecular complexity index is 1100. The molecule has 2 aromatic carbocycles. The fourth-order valence-corrected chi connectivity index (χ4v) is 3.89. The number of piperidine rings is 1. The standard InChI is InChI=1S/C24H25N3O4/c1-16-6-5-11-27(14-16)22-13-20(24(29)30)19-12-17(9-10-21(19)26-22)25-23(28)15-31-18-7-3-2-4-8-18/h2-4,7-10,12-13,16H,5-6,11,14-15H2,1H3,(H,25,28)(H,29,30)/t16-/m0/s1. The largest absolute Gasteiger partial charge is 0.484 e. The third kappa shape index (κ3) is 4.94. The van der Waals surface area contributed by atoms with Gasteiger partial charge in [-0.15, -0.1) is 0 Å². The number of rotatable bonds is 6. The van der Waals surface area contributed by atoms with Crippen molar-refractivity contribution in [2.24, 2.45) is 5.92 Å². The smallest absolute Gasteiger partial charge is 0.336 e. The molecule has 1 saturated heterocycles. The summed E-state index contributed by atoms with van der Waals surface area (Å²) in [4.78, 5) is 31.1. The summed E-state index contributed by atoms with van der Waals surface area (Å²) in [7, 11) is 0. The van der Waals surface area contributed by atoms with Gasteiger partial charge in [-0.3, -0.25) is 4.79 Å². The lowest BCUT2D eigenvalue weighted by Crippen LogP contribution is -2.35. The Labute approximate surface area is 180 Å². The number of nitrogens with one attached hydrogen (secondary N) is 1. The number of aromatic carboxylic acids is 1. The van der Waals surface area contributed by atoms with E-state index < -0.39 is 5.97 Å². The number of benzene rings is 2. The average Bonchev–Trinajstić information content (AvgIpc) is 2.77. The zero-order valence-electron chi connectivity index (χ0n) is 17.4. The van der Waals surface area contributed by atoms with Gasteiger partial charge in [0.15, 0.2) is 6.61 Å². The molecule has 0 radical (unpaired) electrons. The van der Waals surface area contributed by atoms with Crippen molar-refractivity contribution >= 4 is 34.3 Å². The number of anilines is 2. The maximum Gasteiger partial charge on any atom is 0.336 e. The minimum atomic E-state index is -1.02. The molecule has 1 aliphatic heterocycles. The quantitative estimate of drug-likeness (QED) is 0.623. The molecule has 7 heteroatoms. The van der Waals surface area contributed by atoms with Crippen LogP contribution in [0.3, 0.4) is 0 Å². The van der Waals surface area contributed by atoms with Crippen LogP contribution >= 0.6 is 0 Å². The number of para-hydroxylation sites is 1. The topological polar surface area (TPSA) is 91.8 Å². The Morgan fingerprint density at radius 1 is 1.19 bits per heavy atom. The van der Waals surface area contributed by atoms with Crippen LogP contribution in [0.15, 0.2) is 54.6 Å². The lowest BCUT2D eigenvalue weighted by molar-refractivity contribution is -0.118. The van der Waals surface area contributed by atoms with Crippen molar-refractivity contribution in [3.63, 3.8) is 0 Å². The highest BCUT2D eigenvalue weighted by Gasteiger charge is 2.21. The molecular formula is C24H25N3O4. The highest BCUT2D eigenvalue weighted by atomic mass is 16.5. The minimum absolute atomic E-state index is 0.141. The van der Waals surface area contributed by atoms with Crippen molar-refractivity contribution in [3.8, 4) is 5.75 Å². The van der Waals surface area contributed by atoms with Crippen LogP contribution in [0, 0.1) is 5.92 Å². The number of amides is 1. The van der Waals surface area contributed by atoms with E-state index in [9.17, 15) is 14.7 Å². The Morgan fingerprint density at radius 2 is 2.00 bits per heavy atom. The van der Waals surface area contributed by atoms with E-state index in [4.69, 9.17) is 9.72 Å². The Balaban J connectivity index is 1.55. The van der Waals surface area contributed by atoms with E-state index in [0.29, 0.717) is 34.1 Å². The number of carboxylic acids is 1. The number of carbonyl (C=O) groups is 2. The van der Waals surface area contributed by atoms with E-state index in [2.05, 4.69) is 17.1 Å². The number of fused-ring (bicyclic) bond motifs is 1. The predicted octanol–water partition coefficient (Wildman–Crippen LogP) is 4.19. The van der Waals surface area contributed by atoms with Crippen LogP contribution in [0.5, 0.6) is 5.75 Å². The predicted molar refractivity (Wildman–Crippen MR) is 120 cm³/mol. The number of carbonyl (C=O) groups excluding carboxylic acids is 1. The fraction of sp³-hybridized carbons (Fsp3) is 0.292. The van der Waals surface area contributed by atoms with Crippen LogP contribution in [0.1, 0.15) is 30.1 Å². The second kappa shape index (κ2) is 9.04. The number of hydrogen-bond donors (Lipinski definition) is 2. The molecule has 2 N–H and O–H groups in total. The number of ether oxygens (including phenoxy) is 1. The molecule has 1 aromatic heterocycles. The summed E-state index contributed by atoms with van der Waals surface area (Å²) in [6, 6.07) is 15.8. The summed E-state index contributed by atoms with van der Waals surface area (Å²) >= 11 is 0. The first-order valence-electron chi connectivity index (χ1n) is 10.4. The Morgan fingerprint density at radius 3 is 2.74 bits per heavy atom. The van der Waals surface area contributed by atoms with Crippen LogP contribution in [0.25, 0.3) is 10.9 Å². The first-order valence-corrected chi connectivity index (χ1v) is 10.4. The van der Waals surface area contributed by atoms with Crippen LogP contribution in [-0.2, 0) is 4.79 Å². The van der Waals surface area contributed by atoms with Crippen LogP contribution in [0.2, 0.25) is 0 Å². The molecule has 160 valence electrons. The van der Waals surface area contributed by atoms with Crippen LogP contribution in [0.4, 0.5) is 11.5 Å². The van der Waals surface area contributed by atoms with Gasteiger partial charge in [0, 0.05) is 24.2 Å². The normalized spacial score (nSPS) is 16.2. The van der Waals surface area contributed by atoms with E-state index in [1.165, 1.54) is 6.42 Å². The van der Waals surface area contributed by atoms with Crippen LogP contribution in [-0.4, -0.2) is 41.7 Å². The van der Waals surface area contributed by atoms with E-state index in [1.54, 1.807) is 36.4 Å². The second-order valence-corrected chi connectivity index (χ2v) is 7.91. The van der Waals surface area contributed by atoms with Gasteiger partial charge in [-0.25, -0.2) is 9.78 Å². The van der Waals surface area contributed by atoms with Gasteiger partial charge in [0.1, 0.15) is 11.6 Å². The van der Waals surface area contributed by atoms with Crippen molar-refractivity contribution < 1.29 is 19.4 Å². The van der Waals surface area contributed by atoms with Gasteiger partial charge in [-0.1, -0.05) is 25.1 Å². The molecule has 1 aliphatic rings. The van der Waals surface area contributed by atoms with E-state index in [-0.39, 0.29) is 18.1 Å². The molecule has 0 bridgehead atoms. The highest BCUT2D eigenvalue weighted by molar-refractivity contribution is 6.05. The molecule has 7 nitrogen and oxygen atoms in total. The van der Waals surface area contributed by atoms with Crippen molar-refractivity contribution in [3.05, 3.63) is 60.2 Å². The second-order valence-electron chi connectivity index (χ2n) is 7.91. The number of aromatic nitrogens is 1. The summed E-state index contributed by atoms with van der Waals surface area (Å²) < 4.78 is 5.46. The van der Waals surface area contributed by atoms with Crippen molar-refractivity contribution in [2.45, 2.75) is 19.8 Å². The third-order valence-corrected chi connectivity index (χ3v) is 5.40. The molecule has 0 unspecified atom stereocenters. The molecule has 31 heavy (non-hydrogen) atoms. The van der Waals surface area contributed by atoms with Gasteiger partial charge in [0.2, 0.25) is 0 Å². The molecule has 3 aromatic rings. The molecule has 1 amide bonds.